The van der Waals surface area contributed by atoms with E-state index >= 15 is 0 Å². The van der Waals surface area contributed by atoms with Gasteiger partial charge >= 0.3 is 5.97 Å². The Kier molecular flexibility index (Phi) is 8.15. The minimum atomic E-state index is -0.0813. The first-order valence-electron chi connectivity index (χ1n) is 9.97. The summed E-state index contributed by atoms with van der Waals surface area (Å²) in [4.78, 5) is 21.6. The molecule has 0 aliphatic carbocycles. The second kappa shape index (κ2) is 10.1. The molecule has 2 fully saturated rings. The molecule has 150 valence electrons. The van der Waals surface area contributed by atoms with Crippen molar-refractivity contribution in [3.63, 3.8) is 0 Å². The topological polar surface area (TPSA) is 66.4 Å². The highest BCUT2D eigenvalue weighted by Gasteiger charge is 2.35. The van der Waals surface area contributed by atoms with Gasteiger partial charge in [0.05, 0.1) is 19.1 Å². The summed E-state index contributed by atoms with van der Waals surface area (Å²) in [6.45, 7) is 9.14. The Morgan fingerprint density at radius 2 is 2.08 bits per heavy atom. The number of likely N-dealkylation sites (N-methyl/N-ethyl adjacent to an activating group) is 1. The van der Waals surface area contributed by atoms with E-state index in [9.17, 15) is 4.79 Å². The summed E-state index contributed by atoms with van der Waals surface area (Å²) < 4.78 is 10.8. The zero-order valence-electron chi connectivity index (χ0n) is 16.9. The molecule has 0 aromatic rings. The number of carbonyl (C=O) groups excluding carboxylic acids is 1. The standard InChI is InChI=1S/C19H36N4O3/c1-5-20-18(21-15-19(22(3)4)9-12-25-13-10-19)23-11-7-8-16(14-23)17(24)26-6-2/h16H,5-15H2,1-4H3,(H,20,21). The molecule has 0 aromatic carbocycles. The number of aliphatic imine (C=N–C) groups is 1. The predicted octanol–water partition coefficient (Wildman–Crippen LogP) is 1.34. The van der Waals surface area contributed by atoms with Crippen molar-refractivity contribution in [1.82, 2.24) is 15.1 Å². The molecule has 1 atom stereocenters. The molecule has 0 bridgehead atoms. The summed E-state index contributed by atoms with van der Waals surface area (Å²) in [5.41, 5.74) is 0.0508. The van der Waals surface area contributed by atoms with Crippen LogP contribution < -0.4 is 5.32 Å². The van der Waals surface area contributed by atoms with Crippen molar-refractivity contribution in [2.45, 2.75) is 45.1 Å². The van der Waals surface area contributed by atoms with Crippen molar-refractivity contribution < 1.29 is 14.3 Å². The van der Waals surface area contributed by atoms with E-state index in [4.69, 9.17) is 14.5 Å². The van der Waals surface area contributed by atoms with E-state index in [-0.39, 0.29) is 17.4 Å². The third-order valence-electron chi connectivity index (χ3n) is 5.57. The fourth-order valence-corrected chi connectivity index (χ4v) is 3.77. The molecule has 2 rings (SSSR count). The number of likely N-dealkylation sites (tertiary alicyclic amines) is 1. The van der Waals surface area contributed by atoms with Gasteiger partial charge in [-0.1, -0.05) is 0 Å². The van der Waals surface area contributed by atoms with Gasteiger partial charge in [-0.15, -0.1) is 0 Å². The van der Waals surface area contributed by atoms with E-state index in [1.165, 1.54) is 0 Å². The largest absolute Gasteiger partial charge is 0.466 e. The molecule has 0 aromatic heterocycles. The molecule has 7 heteroatoms. The van der Waals surface area contributed by atoms with E-state index in [1.54, 1.807) is 0 Å². The Balaban J connectivity index is 2.08. The summed E-state index contributed by atoms with van der Waals surface area (Å²) in [6.07, 6.45) is 3.87. The number of nitrogens with zero attached hydrogens (tertiary/aromatic N) is 3. The van der Waals surface area contributed by atoms with Crippen molar-refractivity contribution in [2.24, 2.45) is 10.9 Å². The molecule has 2 aliphatic heterocycles. The van der Waals surface area contributed by atoms with Crippen molar-refractivity contribution >= 4 is 11.9 Å². The highest BCUT2D eigenvalue weighted by Crippen LogP contribution is 2.26. The third kappa shape index (κ3) is 5.33. The molecule has 7 nitrogen and oxygen atoms in total. The van der Waals surface area contributed by atoms with Gasteiger partial charge in [0, 0.05) is 38.4 Å². The lowest BCUT2D eigenvalue weighted by atomic mass is 9.89. The van der Waals surface area contributed by atoms with Crippen molar-refractivity contribution in [3.8, 4) is 0 Å². The maximum Gasteiger partial charge on any atom is 0.310 e. The van der Waals surface area contributed by atoms with Crippen molar-refractivity contribution in [3.05, 3.63) is 0 Å². The van der Waals surface area contributed by atoms with Crippen LogP contribution in [0.15, 0.2) is 4.99 Å². The normalized spacial score (nSPS) is 23.8. The lowest BCUT2D eigenvalue weighted by Crippen LogP contribution is -2.53. The van der Waals surface area contributed by atoms with E-state index in [0.29, 0.717) is 13.2 Å². The quantitative estimate of drug-likeness (QED) is 0.434. The molecule has 0 radical (unpaired) electrons. The van der Waals surface area contributed by atoms with Crippen LogP contribution >= 0.6 is 0 Å². The average Bonchev–Trinajstić information content (AvgIpc) is 2.66. The first-order valence-corrected chi connectivity index (χ1v) is 9.97. The van der Waals surface area contributed by atoms with Crippen LogP contribution in [0, 0.1) is 5.92 Å². The van der Waals surface area contributed by atoms with Gasteiger partial charge in [-0.25, -0.2) is 0 Å². The maximum absolute atomic E-state index is 12.1. The van der Waals surface area contributed by atoms with Gasteiger partial charge < -0.3 is 24.6 Å². The Hall–Kier alpha value is -1.34. The fourth-order valence-electron chi connectivity index (χ4n) is 3.77. The summed E-state index contributed by atoms with van der Waals surface area (Å²) in [6, 6.07) is 0. The van der Waals surface area contributed by atoms with Crippen LogP contribution in [-0.2, 0) is 14.3 Å². The highest BCUT2D eigenvalue weighted by molar-refractivity contribution is 5.81. The molecule has 2 heterocycles. The summed E-state index contributed by atoms with van der Waals surface area (Å²) in [7, 11) is 4.26. The van der Waals surface area contributed by atoms with Crippen molar-refractivity contribution in [2.75, 3.05) is 60.1 Å². The SMILES string of the molecule is CCNC(=NCC1(N(C)C)CCOCC1)N1CCCC(C(=O)OCC)C1. The van der Waals surface area contributed by atoms with E-state index in [2.05, 4.69) is 36.1 Å². The van der Waals surface area contributed by atoms with E-state index in [1.807, 2.05) is 6.92 Å². The Morgan fingerprint density at radius 1 is 1.35 bits per heavy atom. The lowest BCUT2D eigenvalue weighted by Gasteiger charge is -2.42. The maximum atomic E-state index is 12.1. The van der Waals surface area contributed by atoms with Crippen LogP contribution in [0.1, 0.15) is 39.5 Å². The number of nitrogens with one attached hydrogen (secondary N) is 1. The number of guanidine groups is 1. The number of carbonyl (C=O) groups is 1. The molecule has 26 heavy (non-hydrogen) atoms. The van der Waals surface area contributed by atoms with Gasteiger partial charge in [-0.05, 0) is 53.6 Å². The van der Waals surface area contributed by atoms with Gasteiger partial charge in [0.15, 0.2) is 5.96 Å². The minimum Gasteiger partial charge on any atom is -0.466 e. The van der Waals surface area contributed by atoms with Crippen LogP contribution in [0.3, 0.4) is 0 Å². The van der Waals surface area contributed by atoms with Crippen LogP contribution in [0.2, 0.25) is 0 Å². The van der Waals surface area contributed by atoms with E-state index < -0.39 is 0 Å². The zero-order valence-corrected chi connectivity index (χ0v) is 16.9. The molecule has 2 saturated heterocycles. The van der Waals surface area contributed by atoms with Crippen molar-refractivity contribution in [1.29, 1.82) is 0 Å². The smallest absolute Gasteiger partial charge is 0.310 e. The first-order chi connectivity index (χ1) is 12.5. The molecule has 0 amide bonds. The second-order valence-corrected chi connectivity index (χ2v) is 7.44. The third-order valence-corrected chi connectivity index (χ3v) is 5.57. The first kappa shape index (κ1) is 21.0. The number of hydrogen-bond acceptors (Lipinski definition) is 5. The fraction of sp³-hybridized carbons (Fsp3) is 0.895. The minimum absolute atomic E-state index is 0.0508. The molecular weight excluding hydrogens is 332 g/mol. The Morgan fingerprint density at radius 3 is 2.69 bits per heavy atom. The van der Waals surface area contributed by atoms with Gasteiger partial charge in [-0.3, -0.25) is 9.79 Å². The number of rotatable bonds is 6. The monoisotopic (exact) mass is 368 g/mol. The number of ether oxygens (including phenoxy) is 2. The highest BCUT2D eigenvalue weighted by atomic mass is 16.5. The summed E-state index contributed by atoms with van der Waals surface area (Å²) in [5, 5.41) is 3.41. The van der Waals surface area contributed by atoms with Gasteiger partial charge in [0.25, 0.3) is 0 Å². The van der Waals surface area contributed by atoms with Gasteiger partial charge in [-0.2, -0.15) is 0 Å². The second-order valence-electron chi connectivity index (χ2n) is 7.44. The predicted molar refractivity (Wildman–Crippen MR) is 103 cm³/mol. The van der Waals surface area contributed by atoms with Crippen LogP contribution in [0.25, 0.3) is 0 Å². The van der Waals surface area contributed by atoms with Gasteiger partial charge in [0.2, 0.25) is 0 Å². The number of hydrogen-bond donors (Lipinski definition) is 1. The molecule has 0 spiro atoms. The van der Waals surface area contributed by atoms with Crippen LogP contribution in [0.4, 0.5) is 0 Å². The summed E-state index contributed by atoms with van der Waals surface area (Å²) in [5.74, 6) is 0.773. The average molecular weight is 369 g/mol. The zero-order chi connectivity index (χ0) is 19.0. The molecule has 0 saturated carbocycles. The number of esters is 1. The van der Waals surface area contributed by atoms with Gasteiger partial charge in [0.1, 0.15) is 0 Å². The van der Waals surface area contributed by atoms with Crippen LogP contribution in [-0.4, -0.2) is 87.4 Å². The molecule has 1 unspecified atom stereocenters. The Labute approximate surface area is 158 Å². The van der Waals surface area contributed by atoms with Crippen LogP contribution in [0.5, 0.6) is 0 Å². The number of piperidine rings is 1. The Bertz CT molecular complexity index is 475. The lowest BCUT2D eigenvalue weighted by molar-refractivity contribution is -0.149. The molecular formula is C19H36N4O3. The summed E-state index contributed by atoms with van der Waals surface area (Å²) >= 11 is 0. The molecule has 2 aliphatic rings. The van der Waals surface area contributed by atoms with E-state index in [0.717, 1.165) is 64.5 Å². The molecule has 1 N–H and O–H groups in total.